The normalized spacial score (nSPS) is 14.2. The molecule has 150 valence electrons. The Balaban J connectivity index is 4.25. The summed E-state index contributed by atoms with van der Waals surface area (Å²) in [5.41, 5.74) is 0. The Morgan fingerprint density at radius 3 is 2.28 bits per heavy atom. The molecule has 0 bridgehead atoms. The van der Waals surface area contributed by atoms with E-state index in [1.54, 1.807) is 0 Å². The Labute approximate surface area is 151 Å². The van der Waals surface area contributed by atoms with E-state index in [4.69, 9.17) is 0 Å². The summed E-state index contributed by atoms with van der Waals surface area (Å²) in [7, 11) is 1.46. The van der Waals surface area contributed by atoms with Crippen LogP contribution in [0.5, 0.6) is 0 Å². The Hall–Kier alpha value is -1.02. The molecule has 0 aromatic heterocycles. The molecule has 0 heterocycles. The first-order chi connectivity index (χ1) is 11.7. The molecule has 25 heavy (non-hydrogen) atoms. The summed E-state index contributed by atoms with van der Waals surface area (Å²) in [6, 6.07) is 0.265. The summed E-state index contributed by atoms with van der Waals surface area (Å²) in [6.45, 7) is 12.0. The zero-order chi connectivity index (χ0) is 19.3. The molecule has 1 unspecified atom stereocenters. The predicted octanol–water partition coefficient (Wildman–Crippen LogP) is 2.55. The van der Waals surface area contributed by atoms with Gasteiger partial charge < -0.3 is 15.5 Å². The third-order valence-electron chi connectivity index (χ3n) is 3.93. The van der Waals surface area contributed by atoms with Gasteiger partial charge >= 0.3 is 6.18 Å². The zero-order valence-electron chi connectivity index (χ0n) is 16.4. The Bertz CT molecular complexity index is 357. The van der Waals surface area contributed by atoms with Crippen LogP contribution < -0.4 is 10.6 Å². The third kappa shape index (κ3) is 13.9. The monoisotopic (exact) mass is 367 g/mol. The van der Waals surface area contributed by atoms with Gasteiger partial charge in [0.25, 0.3) is 0 Å². The molecular weight excluding hydrogens is 331 g/mol. The summed E-state index contributed by atoms with van der Waals surface area (Å²) >= 11 is 0. The minimum atomic E-state index is -4.17. The predicted molar refractivity (Wildman–Crippen MR) is 99.2 cm³/mol. The van der Waals surface area contributed by atoms with Gasteiger partial charge in [0.15, 0.2) is 5.96 Å². The maximum atomic E-state index is 12.3. The number of aliphatic imine (C=N–C) groups is 1. The Kier molecular flexibility index (Phi) is 12.7. The summed E-state index contributed by atoms with van der Waals surface area (Å²) in [6.07, 6.45) is -2.04. The van der Waals surface area contributed by atoms with Gasteiger partial charge in [-0.15, -0.1) is 0 Å². The van der Waals surface area contributed by atoms with Crippen molar-refractivity contribution in [3.8, 4) is 0 Å². The van der Waals surface area contributed by atoms with Crippen molar-refractivity contribution in [2.45, 2.75) is 52.8 Å². The van der Waals surface area contributed by atoms with Crippen LogP contribution in [0.4, 0.5) is 13.2 Å². The topological polar surface area (TPSA) is 42.9 Å². The highest BCUT2D eigenvalue weighted by Crippen LogP contribution is 2.15. The van der Waals surface area contributed by atoms with Crippen molar-refractivity contribution in [2.24, 2.45) is 4.99 Å². The van der Waals surface area contributed by atoms with Crippen LogP contribution in [0.15, 0.2) is 4.99 Å². The van der Waals surface area contributed by atoms with Crippen molar-refractivity contribution in [2.75, 3.05) is 52.9 Å². The molecule has 0 fully saturated rings. The average Bonchev–Trinajstić information content (AvgIpc) is 2.50. The highest BCUT2D eigenvalue weighted by atomic mass is 19.4. The number of likely N-dealkylation sites (N-methyl/N-ethyl adjacent to an activating group) is 1. The first-order valence-electron chi connectivity index (χ1n) is 9.24. The van der Waals surface area contributed by atoms with Crippen LogP contribution >= 0.6 is 0 Å². The third-order valence-corrected chi connectivity index (χ3v) is 3.93. The van der Waals surface area contributed by atoms with E-state index in [-0.39, 0.29) is 12.6 Å². The maximum Gasteiger partial charge on any atom is 0.401 e. The number of halogens is 3. The van der Waals surface area contributed by atoms with E-state index >= 15 is 0 Å². The molecule has 0 amide bonds. The SMILES string of the molecule is CCNC(=NCCN(C)CC(F)(F)F)NC(C)CCCN(CC)CC. The second-order valence-electron chi connectivity index (χ2n) is 6.33. The van der Waals surface area contributed by atoms with Gasteiger partial charge in [-0.25, -0.2) is 0 Å². The molecule has 5 nitrogen and oxygen atoms in total. The van der Waals surface area contributed by atoms with Crippen molar-refractivity contribution in [3.05, 3.63) is 0 Å². The van der Waals surface area contributed by atoms with Gasteiger partial charge in [-0.3, -0.25) is 9.89 Å². The smallest absolute Gasteiger partial charge is 0.357 e. The van der Waals surface area contributed by atoms with E-state index in [2.05, 4.69) is 41.3 Å². The van der Waals surface area contributed by atoms with Crippen LogP contribution in [0.1, 0.15) is 40.5 Å². The van der Waals surface area contributed by atoms with Crippen LogP contribution in [0.25, 0.3) is 0 Å². The van der Waals surface area contributed by atoms with Crippen molar-refractivity contribution in [3.63, 3.8) is 0 Å². The van der Waals surface area contributed by atoms with Gasteiger partial charge in [0.1, 0.15) is 0 Å². The largest absolute Gasteiger partial charge is 0.401 e. The molecule has 0 aliphatic heterocycles. The molecule has 0 spiro atoms. The van der Waals surface area contributed by atoms with Crippen LogP contribution in [0.2, 0.25) is 0 Å². The fourth-order valence-electron chi connectivity index (χ4n) is 2.50. The van der Waals surface area contributed by atoms with Gasteiger partial charge in [0.05, 0.1) is 13.1 Å². The minimum Gasteiger partial charge on any atom is -0.357 e. The van der Waals surface area contributed by atoms with Gasteiger partial charge in [0, 0.05) is 19.1 Å². The number of guanidine groups is 1. The van der Waals surface area contributed by atoms with Gasteiger partial charge in [-0.05, 0) is 53.4 Å². The Morgan fingerprint density at radius 1 is 1.12 bits per heavy atom. The molecule has 1 atom stereocenters. The molecule has 0 rings (SSSR count). The van der Waals surface area contributed by atoms with Crippen LogP contribution in [-0.2, 0) is 0 Å². The molecule has 0 aromatic carbocycles. The first-order valence-corrected chi connectivity index (χ1v) is 9.24. The molecule has 0 aliphatic carbocycles. The van der Waals surface area contributed by atoms with E-state index in [1.807, 2.05) is 6.92 Å². The van der Waals surface area contributed by atoms with Crippen LogP contribution in [0.3, 0.4) is 0 Å². The number of nitrogens with zero attached hydrogens (tertiary/aromatic N) is 3. The van der Waals surface area contributed by atoms with E-state index in [0.29, 0.717) is 12.5 Å². The fourth-order valence-corrected chi connectivity index (χ4v) is 2.50. The fraction of sp³-hybridized carbons (Fsp3) is 0.941. The van der Waals surface area contributed by atoms with Gasteiger partial charge in [0.2, 0.25) is 0 Å². The van der Waals surface area contributed by atoms with E-state index in [0.717, 1.165) is 39.0 Å². The summed E-state index contributed by atoms with van der Waals surface area (Å²) < 4.78 is 36.9. The summed E-state index contributed by atoms with van der Waals surface area (Å²) in [5, 5.41) is 6.47. The molecule has 8 heteroatoms. The molecule has 2 N–H and O–H groups in total. The second kappa shape index (κ2) is 13.2. The number of hydrogen-bond acceptors (Lipinski definition) is 3. The maximum absolute atomic E-state index is 12.3. The van der Waals surface area contributed by atoms with Crippen molar-refractivity contribution < 1.29 is 13.2 Å². The molecule has 0 aliphatic rings. The molecular formula is C17H36F3N5. The molecule has 0 saturated heterocycles. The highest BCUT2D eigenvalue weighted by Gasteiger charge is 2.28. The second-order valence-corrected chi connectivity index (χ2v) is 6.33. The molecule has 0 aromatic rings. The van der Waals surface area contributed by atoms with E-state index in [9.17, 15) is 13.2 Å². The standard InChI is InChI=1S/C17H36F3N5/c1-6-21-16(22-11-13-24(5)14-17(18,19)20)23-15(4)10-9-12-25(7-2)8-3/h15H,6-14H2,1-5H3,(H2,21,22,23). The van der Waals surface area contributed by atoms with Gasteiger partial charge in [-0.2, -0.15) is 13.2 Å². The lowest BCUT2D eigenvalue weighted by atomic mass is 10.2. The van der Waals surface area contributed by atoms with Crippen LogP contribution in [-0.4, -0.2) is 80.8 Å². The minimum absolute atomic E-state index is 0.265. The van der Waals surface area contributed by atoms with E-state index < -0.39 is 12.7 Å². The molecule has 0 saturated carbocycles. The van der Waals surface area contributed by atoms with Crippen molar-refractivity contribution >= 4 is 5.96 Å². The lowest BCUT2D eigenvalue weighted by Crippen LogP contribution is -2.43. The lowest BCUT2D eigenvalue weighted by Gasteiger charge is -2.21. The highest BCUT2D eigenvalue weighted by molar-refractivity contribution is 5.80. The first kappa shape index (κ1) is 24.0. The Morgan fingerprint density at radius 2 is 1.76 bits per heavy atom. The average molecular weight is 368 g/mol. The molecule has 0 radical (unpaired) electrons. The van der Waals surface area contributed by atoms with Gasteiger partial charge in [-0.1, -0.05) is 13.8 Å². The number of hydrogen-bond donors (Lipinski definition) is 2. The summed E-state index contributed by atoms with van der Waals surface area (Å²) in [4.78, 5) is 8.00. The quantitative estimate of drug-likeness (QED) is 0.411. The van der Waals surface area contributed by atoms with Crippen LogP contribution in [0, 0.1) is 0 Å². The number of rotatable bonds is 12. The zero-order valence-corrected chi connectivity index (χ0v) is 16.4. The van der Waals surface area contributed by atoms with E-state index in [1.165, 1.54) is 11.9 Å². The lowest BCUT2D eigenvalue weighted by molar-refractivity contribution is -0.142. The van der Waals surface area contributed by atoms with Crippen molar-refractivity contribution in [1.29, 1.82) is 0 Å². The number of nitrogens with one attached hydrogen (secondary N) is 2. The number of alkyl halides is 3. The van der Waals surface area contributed by atoms with Crippen molar-refractivity contribution in [1.82, 2.24) is 20.4 Å². The summed E-state index contributed by atoms with van der Waals surface area (Å²) in [5.74, 6) is 0.665.